The Labute approximate surface area is 240 Å². The standard InChI is InChI=1S/C31H31FN4O4S/c1-34-15-19(10-18(30(34)38)11-21-14-22-17-40-9-8-36(22)33-21)25-12-20(32)13-27(26(25)16-37)35-7-6-24-23-4-2-3-5-28(23)41-29(24)31(35)39/h10,12-15,37H,2-9,11,16-17H2,1H3. The number of nitrogens with zero attached hydrogens (tertiary/aromatic N) is 4. The molecule has 3 aliphatic rings. The fourth-order valence-electron chi connectivity index (χ4n) is 6.52. The van der Waals surface area contributed by atoms with Crippen LogP contribution in [-0.2, 0) is 57.2 Å². The molecule has 0 spiro atoms. The highest BCUT2D eigenvalue weighted by molar-refractivity contribution is 7.14. The minimum Gasteiger partial charge on any atom is -0.392 e. The lowest BCUT2D eigenvalue weighted by Gasteiger charge is -2.30. The number of amides is 1. The summed E-state index contributed by atoms with van der Waals surface area (Å²) in [5.74, 6) is -0.640. The first kappa shape index (κ1) is 26.3. The molecule has 10 heteroatoms. The van der Waals surface area contributed by atoms with E-state index in [4.69, 9.17) is 4.74 Å². The number of hydrogen-bond acceptors (Lipinski definition) is 6. The van der Waals surface area contributed by atoms with Crippen LogP contribution < -0.4 is 10.5 Å². The normalized spacial score (nSPS) is 16.5. The number of aromatic nitrogens is 3. The Morgan fingerprint density at radius 3 is 2.76 bits per heavy atom. The molecule has 0 fully saturated rings. The maximum atomic E-state index is 15.2. The molecule has 0 saturated carbocycles. The molecule has 0 radical (unpaired) electrons. The van der Waals surface area contributed by atoms with Gasteiger partial charge in [0.05, 0.1) is 48.3 Å². The Morgan fingerprint density at radius 2 is 1.93 bits per heavy atom. The zero-order valence-corrected chi connectivity index (χ0v) is 23.7. The summed E-state index contributed by atoms with van der Waals surface area (Å²) in [4.78, 5) is 30.5. The van der Waals surface area contributed by atoms with Crippen LogP contribution in [0.15, 0.2) is 35.3 Å². The maximum absolute atomic E-state index is 15.2. The van der Waals surface area contributed by atoms with Gasteiger partial charge in [0.2, 0.25) is 0 Å². The molecule has 0 unspecified atom stereocenters. The number of rotatable bonds is 5. The number of aliphatic hydroxyl groups excluding tert-OH is 1. The van der Waals surface area contributed by atoms with Gasteiger partial charge in [-0.3, -0.25) is 14.3 Å². The summed E-state index contributed by atoms with van der Waals surface area (Å²) in [6.07, 6.45) is 7.00. The largest absolute Gasteiger partial charge is 0.392 e. The first-order chi connectivity index (χ1) is 19.9. The van der Waals surface area contributed by atoms with E-state index in [0.717, 1.165) is 47.5 Å². The van der Waals surface area contributed by atoms with Gasteiger partial charge in [-0.15, -0.1) is 11.3 Å². The lowest BCUT2D eigenvalue weighted by molar-refractivity contribution is 0.0800. The van der Waals surface area contributed by atoms with Gasteiger partial charge in [-0.25, -0.2) is 4.39 Å². The fourth-order valence-corrected chi connectivity index (χ4v) is 7.91. The third-order valence-electron chi connectivity index (χ3n) is 8.50. The van der Waals surface area contributed by atoms with E-state index in [1.807, 2.05) is 10.7 Å². The van der Waals surface area contributed by atoms with Gasteiger partial charge in [0.25, 0.3) is 11.5 Å². The summed E-state index contributed by atoms with van der Waals surface area (Å²) >= 11 is 1.58. The quantitative estimate of drug-likeness (QED) is 0.387. The average molecular weight is 575 g/mol. The number of anilines is 1. The van der Waals surface area contributed by atoms with E-state index < -0.39 is 5.82 Å². The lowest BCUT2D eigenvalue weighted by Crippen LogP contribution is -2.37. The van der Waals surface area contributed by atoms with Crippen molar-refractivity contribution >= 4 is 22.9 Å². The molecule has 4 aromatic rings. The number of halogens is 1. The van der Waals surface area contributed by atoms with Gasteiger partial charge < -0.3 is 19.3 Å². The summed E-state index contributed by atoms with van der Waals surface area (Å²) in [6.45, 7) is 1.81. The summed E-state index contributed by atoms with van der Waals surface area (Å²) in [6, 6.07) is 6.41. The number of pyridine rings is 1. The van der Waals surface area contributed by atoms with Crippen molar-refractivity contribution in [1.82, 2.24) is 14.3 Å². The average Bonchev–Trinajstić information content (AvgIpc) is 3.56. The molecule has 1 N–H and O–H groups in total. The predicted octanol–water partition coefficient (Wildman–Crippen LogP) is 4.14. The van der Waals surface area contributed by atoms with Gasteiger partial charge >= 0.3 is 0 Å². The number of hydrogen-bond donors (Lipinski definition) is 1. The van der Waals surface area contributed by atoms with E-state index >= 15 is 4.39 Å². The number of thiophene rings is 1. The third kappa shape index (κ3) is 4.54. The van der Waals surface area contributed by atoms with E-state index in [0.29, 0.717) is 67.1 Å². The molecule has 41 heavy (non-hydrogen) atoms. The van der Waals surface area contributed by atoms with Crippen LogP contribution in [0.25, 0.3) is 11.1 Å². The number of carbonyl (C=O) groups is 1. The monoisotopic (exact) mass is 574 g/mol. The third-order valence-corrected chi connectivity index (χ3v) is 9.82. The van der Waals surface area contributed by atoms with Crippen LogP contribution in [0, 0.1) is 5.82 Å². The molecule has 1 aliphatic carbocycles. The van der Waals surface area contributed by atoms with Gasteiger partial charge in [0.1, 0.15) is 5.82 Å². The van der Waals surface area contributed by atoms with Gasteiger partial charge in [-0.05, 0) is 78.6 Å². The summed E-state index contributed by atoms with van der Waals surface area (Å²) in [5, 5.41) is 15.2. The Kier molecular flexibility index (Phi) is 6.64. The molecule has 212 valence electrons. The molecule has 0 atom stereocenters. The van der Waals surface area contributed by atoms with E-state index in [1.54, 1.807) is 35.5 Å². The van der Waals surface area contributed by atoms with Crippen molar-refractivity contribution in [3.8, 4) is 11.1 Å². The zero-order chi connectivity index (χ0) is 28.2. The Balaban J connectivity index is 1.27. The van der Waals surface area contributed by atoms with E-state index in [2.05, 4.69) is 5.10 Å². The molecule has 8 nitrogen and oxygen atoms in total. The molecule has 1 aromatic carbocycles. The molecule has 0 saturated heterocycles. The van der Waals surface area contributed by atoms with Crippen molar-refractivity contribution in [1.29, 1.82) is 0 Å². The van der Waals surface area contributed by atoms with Crippen LogP contribution in [0.2, 0.25) is 0 Å². The molecule has 1 amide bonds. The number of fused-ring (bicyclic) bond motifs is 4. The van der Waals surface area contributed by atoms with E-state index in [1.165, 1.54) is 27.1 Å². The topological polar surface area (TPSA) is 89.6 Å². The van der Waals surface area contributed by atoms with Gasteiger partial charge in [0.15, 0.2) is 0 Å². The minimum absolute atomic E-state index is 0.134. The highest BCUT2D eigenvalue weighted by atomic mass is 32.1. The second-order valence-electron chi connectivity index (χ2n) is 11.1. The van der Waals surface area contributed by atoms with Crippen molar-refractivity contribution in [3.63, 3.8) is 0 Å². The molecule has 7 rings (SSSR count). The van der Waals surface area contributed by atoms with Gasteiger partial charge in [-0.1, -0.05) is 0 Å². The van der Waals surface area contributed by atoms with Gasteiger partial charge in [-0.2, -0.15) is 5.10 Å². The van der Waals surface area contributed by atoms with Crippen LogP contribution in [0.3, 0.4) is 0 Å². The Bertz CT molecular complexity index is 1730. The fraction of sp³-hybridized carbons (Fsp3) is 0.387. The second-order valence-corrected chi connectivity index (χ2v) is 12.2. The summed E-state index contributed by atoms with van der Waals surface area (Å²) < 4.78 is 24.1. The molecular formula is C31H31FN4O4S. The van der Waals surface area contributed by atoms with Crippen molar-refractivity contribution in [3.05, 3.63) is 90.0 Å². The molecule has 0 bridgehead atoms. The molecule has 2 aliphatic heterocycles. The lowest BCUT2D eigenvalue weighted by atomic mass is 9.91. The second kappa shape index (κ2) is 10.3. The predicted molar refractivity (Wildman–Crippen MR) is 154 cm³/mol. The first-order valence-electron chi connectivity index (χ1n) is 14.1. The van der Waals surface area contributed by atoms with Crippen LogP contribution >= 0.6 is 11.3 Å². The maximum Gasteiger partial charge on any atom is 0.268 e. The van der Waals surface area contributed by atoms with Crippen LogP contribution in [0.4, 0.5) is 10.1 Å². The molecule has 3 aromatic heterocycles. The summed E-state index contributed by atoms with van der Waals surface area (Å²) in [7, 11) is 1.66. The Morgan fingerprint density at radius 1 is 1.07 bits per heavy atom. The van der Waals surface area contributed by atoms with Crippen molar-refractivity contribution < 1.29 is 19.0 Å². The number of aliphatic hydroxyl groups is 1. The zero-order valence-electron chi connectivity index (χ0n) is 22.9. The number of ether oxygens (including phenoxy) is 1. The highest BCUT2D eigenvalue weighted by Crippen LogP contribution is 2.41. The number of benzene rings is 1. The summed E-state index contributed by atoms with van der Waals surface area (Å²) in [5.41, 5.74) is 6.46. The first-order valence-corrected chi connectivity index (χ1v) is 14.9. The van der Waals surface area contributed by atoms with Crippen molar-refractivity contribution in [2.45, 2.75) is 58.3 Å². The van der Waals surface area contributed by atoms with E-state index in [9.17, 15) is 14.7 Å². The van der Waals surface area contributed by atoms with Crippen LogP contribution in [0.1, 0.15) is 61.0 Å². The number of aryl methyl sites for hydroxylation is 2. The Hall–Kier alpha value is -3.60. The van der Waals surface area contributed by atoms with Crippen LogP contribution in [-0.4, -0.2) is 38.5 Å². The minimum atomic E-state index is -0.506. The van der Waals surface area contributed by atoms with Gasteiger partial charge in [0, 0.05) is 42.2 Å². The van der Waals surface area contributed by atoms with Crippen LogP contribution in [0.5, 0.6) is 0 Å². The molecule has 5 heterocycles. The van der Waals surface area contributed by atoms with Crippen molar-refractivity contribution in [2.75, 3.05) is 18.1 Å². The van der Waals surface area contributed by atoms with Crippen molar-refractivity contribution in [2.24, 2.45) is 7.05 Å². The highest BCUT2D eigenvalue weighted by Gasteiger charge is 2.33. The number of carbonyl (C=O) groups excluding carboxylic acids is 1. The smallest absolute Gasteiger partial charge is 0.268 e. The SMILES string of the molecule is Cn1cc(-c2cc(F)cc(N3CCc4c(sc5c4CCCC5)C3=O)c2CO)cc(Cc2cc3n(n2)CCOC3)c1=O. The van der Waals surface area contributed by atoms with E-state index in [-0.39, 0.29) is 18.1 Å². The molecular weight excluding hydrogens is 543 g/mol.